The Balaban J connectivity index is 1.92. The average molecular weight is 265 g/mol. The molecule has 0 saturated carbocycles. The van der Waals surface area contributed by atoms with Gasteiger partial charge in [0.15, 0.2) is 0 Å². The van der Waals surface area contributed by atoms with Crippen molar-refractivity contribution in [2.75, 3.05) is 19.6 Å². The molecule has 1 saturated heterocycles. The fourth-order valence-electron chi connectivity index (χ4n) is 2.50. The van der Waals surface area contributed by atoms with E-state index in [1.807, 2.05) is 4.90 Å². The lowest BCUT2D eigenvalue weighted by molar-refractivity contribution is -0.134. The molecular weight excluding hydrogens is 242 g/mol. The molecule has 0 spiro atoms. The third kappa shape index (κ3) is 4.02. The first-order valence-electron chi connectivity index (χ1n) is 6.99. The standard InChI is InChI=1S/C13H23N5O/c1-11(2)18(7-12-4-3-5-14-6-12)13(19)8-17-10-15-9-16-17/h9-12,14H,3-8H2,1-2H3. The van der Waals surface area contributed by atoms with Crippen molar-refractivity contribution >= 4 is 5.91 Å². The lowest BCUT2D eigenvalue weighted by atomic mass is 9.98. The summed E-state index contributed by atoms with van der Waals surface area (Å²) in [6.45, 7) is 7.35. The first-order valence-corrected chi connectivity index (χ1v) is 6.99. The van der Waals surface area contributed by atoms with Crippen LogP contribution in [0.1, 0.15) is 26.7 Å². The van der Waals surface area contributed by atoms with Crippen LogP contribution >= 0.6 is 0 Å². The van der Waals surface area contributed by atoms with E-state index in [1.165, 1.54) is 19.2 Å². The van der Waals surface area contributed by atoms with Crippen LogP contribution in [0.5, 0.6) is 0 Å². The van der Waals surface area contributed by atoms with Crippen molar-refractivity contribution < 1.29 is 4.79 Å². The zero-order chi connectivity index (χ0) is 13.7. The van der Waals surface area contributed by atoms with Gasteiger partial charge in [0.1, 0.15) is 19.2 Å². The Hall–Kier alpha value is -1.43. The number of amides is 1. The van der Waals surface area contributed by atoms with Gasteiger partial charge in [0.25, 0.3) is 0 Å². The highest BCUT2D eigenvalue weighted by Crippen LogP contribution is 2.14. The van der Waals surface area contributed by atoms with Gasteiger partial charge in [0, 0.05) is 12.6 Å². The zero-order valence-corrected chi connectivity index (χ0v) is 11.7. The molecule has 1 amide bonds. The van der Waals surface area contributed by atoms with E-state index in [-0.39, 0.29) is 18.5 Å². The van der Waals surface area contributed by atoms with E-state index in [0.29, 0.717) is 5.92 Å². The van der Waals surface area contributed by atoms with Crippen molar-refractivity contribution in [1.82, 2.24) is 25.0 Å². The third-order valence-electron chi connectivity index (χ3n) is 3.56. The highest BCUT2D eigenvalue weighted by Gasteiger charge is 2.23. The first-order chi connectivity index (χ1) is 9.16. The van der Waals surface area contributed by atoms with Gasteiger partial charge in [-0.3, -0.25) is 4.79 Å². The molecule has 0 radical (unpaired) electrons. The number of nitrogens with zero attached hydrogens (tertiary/aromatic N) is 4. The molecule has 6 heteroatoms. The molecule has 1 atom stereocenters. The molecule has 1 aromatic heterocycles. The normalized spacial score (nSPS) is 19.6. The summed E-state index contributed by atoms with van der Waals surface area (Å²) in [6.07, 6.45) is 5.44. The minimum Gasteiger partial charge on any atom is -0.338 e. The molecular formula is C13H23N5O. The molecule has 106 valence electrons. The monoisotopic (exact) mass is 265 g/mol. The highest BCUT2D eigenvalue weighted by atomic mass is 16.2. The van der Waals surface area contributed by atoms with Gasteiger partial charge in [0.05, 0.1) is 0 Å². The molecule has 1 aliphatic rings. The van der Waals surface area contributed by atoms with E-state index in [2.05, 4.69) is 29.2 Å². The minimum atomic E-state index is 0.117. The maximum atomic E-state index is 12.3. The maximum absolute atomic E-state index is 12.3. The summed E-state index contributed by atoms with van der Waals surface area (Å²) in [6, 6.07) is 0.220. The average Bonchev–Trinajstić information content (AvgIpc) is 2.89. The van der Waals surface area contributed by atoms with Crippen LogP contribution in [0.4, 0.5) is 0 Å². The summed E-state index contributed by atoms with van der Waals surface area (Å²) in [7, 11) is 0. The van der Waals surface area contributed by atoms with Crippen LogP contribution in [0.15, 0.2) is 12.7 Å². The van der Waals surface area contributed by atoms with Crippen LogP contribution in [-0.2, 0) is 11.3 Å². The molecule has 19 heavy (non-hydrogen) atoms. The quantitative estimate of drug-likeness (QED) is 0.843. The fraction of sp³-hybridized carbons (Fsp3) is 0.769. The van der Waals surface area contributed by atoms with Gasteiger partial charge in [-0.25, -0.2) is 9.67 Å². The SMILES string of the molecule is CC(C)N(CC1CCCNC1)C(=O)Cn1cncn1. The van der Waals surface area contributed by atoms with Gasteiger partial charge in [-0.05, 0) is 45.7 Å². The van der Waals surface area contributed by atoms with Gasteiger partial charge < -0.3 is 10.2 Å². The molecule has 0 bridgehead atoms. The van der Waals surface area contributed by atoms with Crippen molar-refractivity contribution in [3.05, 3.63) is 12.7 Å². The summed E-state index contributed by atoms with van der Waals surface area (Å²) in [5, 5.41) is 7.39. The molecule has 6 nitrogen and oxygen atoms in total. The van der Waals surface area contributed by atoms with Gasteiger partial charge in [0.2, 0.25) is 5.91 Å². The number of aromatic nitrogens is 3. The van der Waals surface area contributed by atoms with Gasteiger partial charge in [-0.15, -0.1) is 0 Å². The second-order valence-electron chi connectivity index (χ2n) is 5.45. The number of nitrogens with one attached hydrogen (secondary N) is 1. The van der Waals surface area contributed by atoms with E-state index in [0.717, 1.165) is 19.6 Å². The Morgan fingerprint density at radius 2 is 2.42 bits per heavy atom. The number of hydrogen-bond donors (Lipinski definition) is 1. The molecule has 1 aliphatic heterocycles. The zero-order valence-electron chi connectivity index (χ0n) is 11.7. The fourth-order valence-corrected chi connectivity index (χ4v) is 2.50. The van der Waals surface area contributed by atoms with E-state index in [9.17, 15) is 4.79 Å². The Kier molecular flexibility index (Phi) is 4.90. The lowest BCUT2D eigenvalue weighted by Crippen LogP contribution is -2.45. The molecule has 1 unspecified atom stereocenters. The second kappa shape index (κ2) is 6.65. The molecule has 1 fully saturated rings. The Bertz CT molecular complexity index is 384. The number of carbonyl (C=O) groups is 1. The summed E-state index contributed by atoms with van der Waals surface area (Å²) >= 11 is 0. The first kappa shape index (κ1) is 14.0. The van der Waals surface area contributed by atoms with Crippen molar-refractivity contribution in [1.29, 1.82) is 0 Å². The van der Waals surface area contributed by atoms with Crippen molar-refractivity contribution in [2.24, 2.45) is 5.92 Å². The Morgan fingerprint density at radius 1 is 1.58 bits per heavy atom. The third-order valence-corrected chi connectivity index (χ3v) is 3.56. The number of piperidine rings is 1. The summed E-state index contributed by atoms with van der Waals surface area (Å²) < 4.78 is 1.58. The molecule has 0 aromatic carbocycles. The lowest BCUT2D eigenvalue weighted by Gasteiger charge is -2.32. The largest absolute Gasteiger partial charge is 0.338 e. The van der Waals surface area contributed by atoms with Gasteiger partial charge >= 0.3 is 0 Å². The highest BCUT2D eigenvalue weighted by molar-refractivity contribution is 5.76. The topological polar surface area (TPSA) is 63.1 Å². The Labute approximate surface area is 114 Å². The van der Waals surface area contributed by atoms with Crippen molar-refractivity contribution in [3.8, 4) is 0 Å². The maximum Gasteiger partial charge on any atom is 0.244 e. The van der Waals surface area contributed by atoms with Gasteiger partial charge in [-0.2, -0.15) is 5.10 Å². The molecule has 2 rings (SSSR count). The van der Waals surface area contributed by atoms with E-state index in [1.54, 1.807) is 11.0 Å². The molecule has 0 aliphatic carbocycles. The second-order valence-corrected chi connectivity index (χ2v) is 5.45. The van der Waals surface area contributed by atoms with Gasteiger partial charge in [-0.1, -0.05) is 0 Å². The van der Waals surface area contributed by atoms with E-state index >= 15 is 0 Å². The summed E-state index contributed by atoms with van der Waals surface area (Å²) in [4.78, 5) is 18.2. The minimum absolute atomic E-state index is 0.117. The van der Waals surface area contributed by atoms with Crippen LogP contribution in [0.2, 0.25) is 0 Å². The van der Waals surface area contributed by atoms with Crippen LogP contribution < -0.4 is 5.32 Å². The van der Waals surface area contributed by atoms with E-state index < -0.39 is 0 Å². The molecule has 2 heterocycles. The Morgan fingerprint density at radius 3 is 3.00 bits per heavy atom. The van der Waals surface area contributed by atoms with Crippen LogP contribution in [0, 0.1) is 5.92 Å². The van der Waals surface area contributed by atoms with Crippen LogP contribution in [0.3, 0.4) is 0 Å². The summed E-state index contributed by atoms with van der Waals surface area (Å²) in [5.74, 6) is 0.682. The predicted octanol–water partition coefficient (Wildman–Crippen LogP) is 0.515. The van der Waals surface area contributed by atoms with Crippen molar-refractivity contribution in [2.45, 2.75) is 39.3 Å². The smallest absolute Gasteiger partial charge is 0.244 e. The molecule has 1 aromatic rings. The van der Waals surface area contributed by atoms with Crippen molar-refractivity contribution in [3.63, 3.8) is 0 Å². The van der Waals surface area contributed by atoms with E-state index in [4.69, 9.17) is 0 Å². The number of carbonyl (C=O) groups excluding carboxylic acids is 1. The number of rotatable bonds is 5. The van der Waals surface area contributed by atoms with Crippen LogP contribution in [-0.4, -0.2) is 51.2 Å². The predicted molar refractivity (Wildman–Crippen MR) is 72.5 cm³/mol. The number of hydrogen-bond acceptors (Lipinski definition) is 4. The summed E-state index contributed by atoms with van der Waals surface area (Å²) in [5.41, 5.74) is 0. The van der Waals surface area contributed by atoms with Crippen LogP contribution in [0.25, 0.3) is 0 Å². The molecule has 1 N–H and O–H groups in total.